The van der Waals surface area contributed by atoms with Crippen molar-refractivity contribution in [2.75, 3.05) is 31.5 Å². The molecular weight excluding hydrogens is 422 g/mol. The third-order valence-electron chi connectivity index (χ3n) is 5.48. The SMILES string of the molecule is O=C(c1cncc(-c2cccc(Nc3nc(=O)n(O)c4ncccc34)c2)c1)N1CCNCC1. The van der Waals surface area contributed by atoms with Gasteiger partial charge in [-0.2, -0.15) is 4.98 Å². The Morgan fingerprint density at radius 3 is 2.76 bits per heavy atom. The molecule has 4 aromatic rings. The Balaban J connectivity index is 1.45. The van der Waals surface area contributed by atoms with E-state index in [0.717, 1.165) is 24.2 Å². The second kappa shape index (κ2) is 8.67. The van der Waals surface area contributed by atoms with Crippen LogP contribution in [0.15, 0.2) is 65.8 Å². The molecule has 166 valence electrons. The van der Waals surface area contributed by atoms with Crippen molar-refractivity contribution < 1.29 is 10.0 Å². The molecule has 1 aliphatic rings. The summed E-state index contributed by atoms with van der Waals surface area (Å²) in [6.45, 7) is 2.91. The first-order chi connectivity index (χ1) is 16.1. The topological polar surface area (TPSA) is 125 Å². The van der Waals surface area contributed by atoms with Gasteiger partial charge in [-0.1, -0.05) is 12.1 Å². The van der Waals surface area contributed by atoms with Gasteiger partial charge >= 0.3 is 5.69 Å². The number of benzene rings is 1. The molecule has 0 aliphatic carbocycles. The smallest absolute Gasteiger partial charge is 0.384 e. The van der Waals surface area contributed by atoms with Crippen LogP contribution in [-0.2, 0) is 0 Å². The molecule has 1 saturated heterocycles. The minimum Gasteiger partial charge on any atom is -0.422 e. The zero-order valence-corrected chi connectivity index (χ0v) is 17.6. The van der Waals surface area contributed by atoms with Crippen LogP contribution in [0.3, 0.4) is 0 Å². The van der Waals surface area contributed by atoms with E-state index in [2.05, 4.69) is 25.6 Å². The average Bonchev–Trinajstić information content (AvgIpc) is 2.87. The summed E-state index contributed by atoms with van der Waals surface area (Å²) < 4.78 is 0.420. The lowest BCUT2D eigenvalue weighted by Crippen LogP contribution is -2.46. The van der Waals surface area contributed by atoms with Crippen molar-refractivity contribution in [2.45, 2.75) is 0 Å². The van der Waals surface area contributed by atoms with Crippen LogP contribution in [-0.4, -0.2) is 61.9 Å². The van der Waals surface area contributed by atoms with Crippen LogP contribution in [0.2, 0.25) is 0 Å². The zero-order chi connectivity index (χ0) is 22.8. The lowest BCUT2D eigenvalue weighted by atomic mass is 10.0. The van der Waals surface area contributed by atoms with Gasteiger partial charge in [0, 0.05) is 56.0 Å². The van der Waals surface area contributed by atoms with Gasteiger partial charge in [0.05, 0.1) is 10.9 Å². The number of carbonyl (C=O) groups is 1. The second-order valence-electron chi connectivity index (χ2n) is 7.64. The minimum absolute atomic E-state index is 0.0344. The van der Waals surface area contributed by atoms with Gasteiger partial charge in [0.1, 0.15) is 5.82 Å². The van der Waals surface area contributed by atoms with E-state index < -0.39 is 5.69 Å². The fraction of sp³-hybridized carbons (Fsp3) is 0.174. The number of rotatable bonds is 4. The van der Waals surface area contributed by atoms with Crippen molar-refractivity contribution in [2.24, 2.45) is 0 Å². The van der Waals surface area contributed by atoms with Crippen LogP contribution in [0.4, 0.5) is 11.5 Å². The van der Waals surface area contributed by atoms with Crippen molar-refractivity contribution in [3.63, 3.8) is 0 Å². The number of hydrogen-bond acceptors (Lipinski definition) is 8. The molecule has 0 atom stereocenters. The number of pyridine rings is 2. The molecule has 0 radical (unpaired) electrons. The summed E-state index contributed by atoms with van der Waals surface area (Å²) in [7, 11) is 0. The number of aromatic nitrogens is 4. The number of piperazine rings is 1. The maximum Gasteiger partial charge on any atom is 0.384 e. The first kappa shape index (κ1) is 20.6. The molecule has 3 N–H and O–H groups in total. The van der Waals surface area contributed by atoms with Crippen molar-refractivity contribution in [1.29, 1.82) is 0 Å². The van der Waals surface area contributed by atoms with Crippen molar-refractivity contribution in [3.8, 4) is 11.1 Å². The first-order valence-electron chi connectivity index (χ1n) is 10.5. The highest BCUT2D eigenvalue weighted by molar-refractivity contribution is 5.95. The molecule has 10 nitrogen and oxygen atoms in total. The number of amides is 1. The molecule has 1 amide bonds. The van der Waals surface area contributed by atoms with Gasteiger partial charge < -0.3 is 20.7 Å². The second-order valence-corrected chi connectivity index (χ2v) is 7.64. The Hall–Kier alpha value is -4.31. The van der Waals surface area contributed by atoms with Gasteiger partial charge in [-0.3, -0.25) is 9.78 Å². The fourth-order valence-electron chi connectivity index (χ4n) is 3.82. The lowest BCUT2D eigenvalue weighted by Gasteiger charge is -2.27. The van der Waals surface area contributed by atoms with Gasteiger partial charge in [0.25, 0.3) is 5.91 Å². The molecule has 0 bridgehead atoms. The molecule has 1 fully saturated rings. The molecule has 5 rings (SSSR count). The summed E-state index contributed by atoms with van der Waals surface area (Å²) in [4.78, 5) is 39.0. The Kier molecular flexibility index (Phi) is 5.41. The predicted molar refractivity (Wildman–Crippen MR) is 123 cm³/mol. The summed E-state index contributed by atoms with van der Waals surface area (Å²) in [5.41, 5.74) is 2.14. The van der Waals surface area contributed by atoms with E-state index in [0.29, 0.717) is 34.5 Å². The van der Waals surface area contributed by atoms with Crippen molar-refractivity contribution in [3.05, 3.63) is 77.1 Å². The Morgan fingerprint density at radius 1 is 1.06 bits per heavy atom. The van der Waals surface area contributed by atoms with E-state index in [1.807, 2.05) is 35.2 Å². The molecule has 33 heavy (non-hydrogen) atoms. The van der Waals surface area contributed by atoms with E-state index in [1.54, 1.807) is 24.5 Å². The predicted octanol–water partition coefficient (Wildman–Crippen LogP) is 1.88. The number of fused-ring (bicyclic) bond motifs is 1. The number of nitrogens with one attached hydrogen (secondary N) is 2. The van der Waals surface area contributed by atoms with E-state index in [4.69, 9.17) is 0 Å². The van der Waals surface area contributed by atoms with Gasteiger partial charge in [-0.05, 0) is 35.9 Å². The van der Waals surface area contributed by atoms with Crippen LogP contribution in [0.5, 0.6) is 0 Å². The standard InChI is InChI=1S/C23H21N7O3/c31-22(29-9-7-24-8-10-29)17-11-16(13-25-14-17)15-3-1-4-18(12-15)27-20-19-5-2-6-26-21(19)30(33)23(32)28-20/h1-6,11-14,24,33H,7-10H2,(H,27,28,32). The number of nitrogens with zero attached hydrogens (tertiary/aromatic N) is 5. The fourth-order valence-corrected chi connectivity index (χ4v) is 3.82. The highest BCUT2D eigenvalue weighted by Crippen LogP contribution is 2.26. The third kappa shape index (κ3) is 4.11. The van der Waals surface area contributed by atoms with E-state index in [1.165, 1.54) is 6.20 Å². The van der Waals surface area contributed by atoms with Crippen LogP contribution < -0.4 is 16.3 Å². The van der Waals surface area contributed by atoms with Crippen LogP contribution in [0.1, 0.15) is 10.4 Å². The largest absolute Gasteiger partial charge is 0.422 e. The summed E-state index contributed by atoms with van der Waals surface area (Å²) in [6.07, 6.45) is 4.78. The molecule has 10 heteroatoms. The Bertz CT molecular complexity index is 1400. The highest BCUT2D eigenvalue weighted by Gasteiger charge is 2.19. The molecular formula is C23H21N7O3. The summed E-state index contributed by atoms with van der Waals surface area (Å²) in [5.74, 6) is 0.249. The van der Waals surface area contributed by atoms with Crippen LogP contribution >= 0.6 is 0 Å². The zero-order valence-electron chi connectivity index (χ0n) is 17.6. The Morgan fingerprint density at radius 2 is 1.91 bits per heavy atom. The molecule has 0 saturated carbocycles. The van der Waals surface area contributed by atoms with Gasteiger partial charge in [0.2, 0.25) is 0 Å². The maximum absolute atomic E-state index is 12.9. The number of carbonyl (C=O) groups excluding carboxylic acids is 1. The molecule has 4 heterocycles. The average molecular weight is 443 g/mol. The van der Waals surface area contributed by atoms with E-state index in [9.17, 15) is 14.8 Å². The van der Waals surface area contributed by atoms with Crippen LogP contribution in [0, 0.1) is 0 Å². The third-order valence-corrected chi connectivity index (χ3v) is 5.48. The number of anilines is 2. The normalized spacial score (nSPS) is 13.8. The molecule has 0 spiro atoms. The lowest BCUT2D eigenvalue weighted by molar-refractivity contribution is 0.0735. The number of hydrogen-bond donors (Lipinski definition) is 3. The molecule has 0 unspecified atom stereocenters. The monoisotopic (exact) mass is 443 g/mol. The summed E-state index contributed by atoms with van der Waals surface area (Å²) >= 11 is 0. The summed E-state index contributed by atoms with van der Waals surface area (Å²) in [6, 6.07) is 12.7. The molecule has 1 aromatic carbocycles. The highest BCUT2D eigenvalue weighted by atomic mass is 16.5. The van der Waals surface area contributed by atoms with E-state index >= 15 is 0 Å². The first-order valence-corrected chi connectivity index (χ1v) is 10.5. The minimum atomic E-state index is -0.830. The Labute approximate surface area is 188 Å². The maximum atomic E-state index is 12.9. The quantitative estimate of drug-likeness (QED) is 0.408. The van der Waals surface area contributed by atoms with Gasteiger partial charge in [-0.15, -0.1) is 4.73 Å². The summed E-state index contributed by atoms with van der Waals surface area (Å²) in [5, 5.41) is 16.8. The van der Waals surface area contributed by atoms with Crippen molar-refractivity contribution in [1.82, 2.24) is 29.9 Å². The van der Waals surface area contributed by atoms with E-state index in [-0.39, 0.29) is 17.4 Å². The van der Waals surface area contributed by atoms with Gasteiger partial charge in [0.15, 0.2) is 5.65 Å². The van der Waals surface area contributed by atoms with Crippen LogP contribution in [0.25, 0.3) is 22.2 Å². The van der Waals surface area contributed by atoms with Gasteiger partial charge in [-0.25, -0.2) is 9.78 Å². The molecule has 1 aliphatic heterocycles. The van der Waals surface area contributed by atoms with Crippen molar-refractivity contribution >= 4 is 28.4 Å². The molecule has 3 aromatic heterocycles.